The van der Waals surface area contributed by atoms with Gasteiger partial charge in [0.25, 0.3) is 5.91 Å². The summed E-state index contributed by atoms with van der Waals surface area (Å²) in [6.07, 6.45) is 1.57. The van der Waals surface area contributed by atoms with Crippen LogP contribution in [0.2, 0.25) is 0 Å². The molecule has 5 rings (SSSR count). The molecule has 0 unspecified atom stereocenters. The van der Waals surface area contributed by atoms with Gasteiger partial charge in [0.15, 0.2) is 0 Å². The molecule has 1 aromatic carbocycles. The summed E-state index contributed by atoms with van der Waals surface area (Å²) in [6.45, 7) is 9.40. The third-order valence-electron chi connectivity index (χ3n) is 6.77. The maximum atomic E-state index is 14.1. The lowest BCUT2D eigenvalue weighted by Gasteiger charge is -2.33. The van der Waals surface area contributed by atoms with E-state index in [2.05, 4.69) is 24.1 Å². The van der Waals surface area contributed by atoms with E-state index in [0.29, 0.717) is 19.6 Å². The number of aryl methyl sites for hydroxylation is 2. The Labute approximate surface area is 202 Å². The maximum absolute atomic E-state index is 14.1. The van der Waals surface area contributed by atoms with Gasteiger partial charge in [0, 0.05) is 37.1 Å². The number of ether oxygens (including phenoxy) is 1. The highest BCUT2D eigenvalue weighted by Gasteiger charge is 2.26. The number of aromatic nitrogens is 2. The lowest BCUT2D eigenvalue weighted by atomic mass is 10.0. The Morgan fingerprint density at radius 3 is 2.62 bits per heavy atom. The highest BCUT2D eigenvalue weighted by Crippen LogP contribution is 2.34. The van der Waals surface area contributed by atoms with Gasteiger partial charge in [-0.15, -0.1) is 11.3 Å². The Morgan fingerprint density at radius 1 is 1.15 bits per heavy atom. The first-order valence-corrected chi connectivity index (χ1v) is 12.7. The molecule has 34 heavy (non-hydrogen) atoms. The van der Waals surface area contributed by atoms with E-state index in [0.717, 1.165) is 61.0 Å². The number of nitrogens with zero attached hydrogens (tertiary/aromatic N) is 4. The van der Waals surface area contributed by atoms with Crippen LogP contribution in [0.25, 0.3) is 10.2 Å². The van der Waals surface area contributed by atoms with Crippen molar-refractivity contribution in [3.05, 3.63) is 51.9 Å². The summed E-state index contributed by atoms with van der Waals surface area (Å²) in [7, 11) is 0. The van der Waals surface area contributed by atoms with Crippen molar-refractivity contribution in [1.82, 2.24) is 19.8 Å². The number of thiophene rings is 1. The van der Waals surface area contributed by atoms with Gasteiger partial charge in [0.2, 0.25) is 0 Å². The average molecular weight is 484 g/mol. The molecular weight excluding hydrogens is 453 g/mol. The number of nitrogens with one attached hydrogen (secondary N) is 1. The molecule has 0 bridgehead atoms. The zero-order valence-electron chi connectivity index (χ0n) is 19.6. The number of piperidine rings is 1. The number of carbonyl (C=O) groups excluding carboxylic acids is 1. The first-order chi connectivity index (χ1) is 16.5. The highest BCUT2D eigenvalue weighted by atomic mass is 32.1. The predicted molar refractivity (Wildman–Crippen MR) is 132 cm³/mol. The molecule has 0 saturated carbocycles. The SMILES string of the molecule is Cc1sc2nc(CN3CCOCC3)nc(NC3CCN(C(=O)c4ccccc4F)CC3)c2c1C. The van der Waals surface area contributed by atoms with E-state index in [-0.39, 0.29) is 17.5 Å². The number of benzene rings is 1. The van der Waals surface area contributed by atoms with Gasteiger partial charge >= 0.3 is 0 Å². The van der Waals surface area contributed by atoms with Gasteiger partial charge in [-0.25, -0.2) is 14.4 Å². The zero-order chi connectivity index (χ0) is 23.7. The van der Waals surface area contributed by atoms with Gasteiger partial charge in [-0.2, -0.15) is 0 Å². The molecule has 2 aliphatic rings. The maximum Gasteiger partial charge on any atom is 0.256 e. The molecule has 2 aromatic heterocycles. The molecular formula is C25H30FN5O2S. The van der Waals surface area contributed by atoms with Crippen LogP contribution in [0.4, 0.5) is 10.2 Å². The second-order valence-corrected chi connectivity index (χ2v) is 10.2. The number of carbonyl (C=O) groups is 1. The van der Waals surface area contributed by atoms with Gasteiger partial charge in [-0.05, 0) is 44.4 Å². The Kier molecular flexibility index (Phi) is 6.76. The molecule has 7 nitrogen and oxygen atoms in total. The average Bonchev–Trinajstić information content (AvgIpc) is 3.13. The van der Waals surface area contributed by atoms with Crippen molar-refractivity contribution in [2.75, 3.05) is 44.7 Å². The number of likely N-dealkylation sites (tertiary alicyclic amines) is 1. The Hall–Kier alpha value is -2.62. The summed E-state index contributed by atoms with van der Waals surface area (Å²) in [5.41, 5.74) is 1.36. The third kappa shape index (κ3) is 4.78. The highest BCUT2D eigenvalue weighted by molar-refractivity contribution is 7.18. The fourth-order valence-electron chi connectivity index (χ4n) is 4.65. The summed E-state index contributed by atoms with van der Waals surface area (Å²) in [5, 5.41) is 4.76. The lowest BCUT2D eigenvalue weighted by molar-refractivity contribution is 0.0331. The molecule has 9 heteroatoms. The number of hydrogen-bond acceptors (Lipinski definition) is 7. The fraction of sp³-hybridized carbons (Fsp3) is 0.480. The number of halogens is 1. The fourth-order valence-corrected chi connectivity index (χ4v) is 5.70. The topological polar surface area (TPSA) is 70.6 Å². The summed E-state index contributed by atoms with van der Waals surface area (Å²) < 4.78 is 19.5. The monoisotopic (exact) mass is 483 g/mol. The molecule has 0 spiro atoms. The number of morpholine rings is 1. The quantitative estimate of drug-likeness (QED) is 0.592. The minimum Gasteiger partial charge on any atom is -0.379 e. The van der Waals surface area contributed by atoms with E-state index in [9.17, 15) is 9.18 Å². The molecule has 4 heterocycles. The van der Waals surface area contributed by atoms with E-state index < -0.39 is 5.82 Å². The van der Waals surface area contributed by atoms with E-state index in [4.69, 9.17) is 14.7 Å². The van der Waals surface area contributed by atoms with Crippen LogP contribution in [-0.4, -0.2) is 71.1 Å². The molecule has 0 aliphatic carbocycles. The third-order valence-corrected chi connectivity index (χ3v) is 7.87. The number of rotatable bonds is 5. The normalized spacial score (nSPS) is 17.9. The standard InChI is InChI=1S/C25H30FN5O2S/c1-16-17(2)34-24-22(16)23(28-21(29-24)15-30-11-13-33-14-12-30)27-18-7-9-31(10-8-18)25(32)19-5-3-4-6-20(19)26/h3-6,18H,7-15H2,1-2H3,(H,27,28,29). The zero-order valence-corrected chi connectivity index (χ0v) is 20.5. The molecule has 180 valence electrons. The van der Waals surface area contributed by atoms with Crippen LogP contribution < -0.4 is 5.32 Å². The molecule has 1 N–H and O–H groups in total. The molecule has 2 fully saturated rings. The molecule has 0 atom stereocenters. The van der Waals surface area contributed by atoms with E-state index >= 15 is 0 Å². The van der Waals surface area contributed by atoms with Crippen LogP contribution in [0, 0.1) is 19.7 Å². The summed E-state index contributed by atoms with van der Waals surface area (Å²) >= 11 is 1.71. The minimum absolute atomic E-state index is 0.142. The second kappa shape index (κ2) is 9.93. The Balaban J connectivity index is 1.31. The molecule has 2 aliphatic heterocycles. The molecule has 3 aromatic rings. The smallest absolute Gasteiger partial charge is 0.256 e. The second-order valence-electron chi connectivity index (χ2n) is 9.03. The van der Waals surface area contributed by atoms with Crippen LogP contribution in [0.1, 0.15) is 39.5 Å². The van der Waals surface area contributed by atoms with Crippen molar-refractivity contribution < 1.29 is 13.9 Å². The van der Waals surface area contributed by atoms with Crippen molar-refractivity contribution in [2.24, 2.45) is 0 Å². The summed E-state index contributed by atoms with van der Waals surface area (Å²) in [6, 6.07) is 6.38. The van der Waals surface area contributed by atoms with Gasteiger partial charge < -0.3 is 15.0 Å². The molecule has 1 amide bonds. The Bertz CT molecular complexity index is 1190. The van der Waals surface area contributed by atoms with Gasteiger partial charge in [-0.1, -0.05) is 12.1 Å². The van der Waals surface area contributed by atoms with Crippen molar-refractivity contribution in [3.8, 4) is 0 Å². The van der Waals surface area contributed by atoms with Crippen LogP contribution in [-0.2, 0) is 11.3 Å². The summed E-state index contributed by atoms with van der Waals surface area (Å²) in [4.78, 5) is 28.9. The largest absolute Gasteiger partial charge is 0.379 e. The van der Waals surface area contributed by atoms with Crippen molar-refractivity contribution in [1.29, 1.82) is 0 Å². The molecule has 2 saturated heterocycles. The lowest BCUT2D eigenvalue weighted by Crippen LogP contribution is -2.42. The van der Waals surface area contributed by atoms with Crippen LogP contribution in [0.3, 0.4) is 0 Å². The Morgan fingerprint density at radius 2 is 1.88 bits per heavy atom. The van der Waals surface area contributed by atoms with Crippen molar-refractivity contribution >= 4 is 33.3 Å². The van der Waals surface area contributed by atoms with Gasteiger partial charge in [0.1, 0.15) is 22.3 Å². The summed E-state index contributed by atoms with van der Waals surface area (Å²) in [5.74, 6) is 1.00. The minimum atomic E-state index is -0.466. The molecule has 0 radical (unpaired) electrons. The predicted octanol–water partition coefficient (Wildman–Crippen LogP) is 4.00. The number of amides is 1. The van der Waals surface area contributed by atoms with Crippen LogP contribution >= 0.6 is 11.3 Å². The van der Waals surface area contributed by atoms with Crippen molar-refractivity contribution in [2.45, 2.75) is 39.3 Å². The van der Waals surface area contributed by atoms with E-state index in [1.54, 1.807) is 34.4 Å². The van der Waals surface area contributed by atoms with E-state index in [1.165, 1.54) is 16.5 Å². The number of hydrogen-bond donors (Lipinski definition) is 1. The van der Waals surface area contributed by atoms with E-state index in [1.807, 2.05) is 0 Å². The number of anilines is 1. The van der Waals surface area contributed by atoms with Gasteiger partial charge in [0.05, 0.1) is 30.7 Å². The van der Waals surface area contributed by atoms with Gasteiger partial charge in [-0.3, -0.25) is 9.69 Å². The first kappa shape index (κ1) is 23.1. The van der Waals surface area contributed by atoms with Crippen LogP contribution in [0.5, 0.6) is 0 Å². The first-order valence-electron chi connectivity index (χ1n) is 11.9. The van der Waals surface area contributed by atoms with Crippen LogP contribution in [0.15, 0.2) is 24.3 Å². The number of fused-ring (bicyclic) bond motifs is 1. The van der Waals surface area contributed by atoms with Crippen molar-refractivity contribution in [3.63, 3.8) is 0 Å².